The van der Waals surface area contributed by atoms with E-state index in [0.29, 0.717) is 38.5 Å². The van der Waals surface area contributed by atoms with Gasteiger partial charge in [-0.15, -0.1) is 0 Å². The molecule has 1 unspecified atom stereocenters. The third-order valence-electron chi connectivity index (χ3n) is 4.41. The first-order valence-corrected chi connectivity index (χ1v) is 10.4. The van der Waals surface area contributed by atoms with Crippen molar-refractivity contribution in [3.63, 3.8) is 0 Å². The second-order valence-corrected chi connectivity index (χ2v) is 8.42. The summed E-state index contributed by atoms with van der Waals surface area (Å²) in [5.74, 6) is -0.320. The third-order valence-corrected chi connectivity index (χ3v) is 6.37. The molecule has 138 valence electrons. The van der Waals surface area contributed by atoms with Gasteiger partial charge in [0.2, 0.25) is 15.9 Å². The molecular weight excluding hydrogens is 340 g/mol. The van der Waals surface area contributed by atoms with Crippen molar-refractivity contribution >= 4 is 22.2 Å². The van der Waals surface area contributed by atoms with Crippen LogP contribution in [0.3, 0.4) is 0 Å². The van der Waals surface area contributed by atoms with Gasteiger partial charge >= 0.3 is 0 Å². The first-order valence-electron chi connectivity index (χ1n) is 8.77. The fourth-order valence-electron chi connectivity index (χ4n) is 3.06. The Balaban J connectivity index is 2.01. The summed E-state index contributed by atoms with van der Waals surface area (Å²) in [4.78, 5) is 23.9. The van der Waals surface area contributed by atoms with Crippen LogP contribution in [-0.2, 0) is 26.0 Å². The maximum atomic E-state index is 12.6. The highest BCUT2D eigenvalue weighted by molar-refractivity contribution is 7.89. The number of nitrogens with one attached hydrogen (secondary N) is 1. The predicted octanol–water partition coefficient (Wildman–Crippen LogP) is 1.51. The Kier molecular flexibility index (Phi) is 7.13. The highest BCUT2D eigenvalue weighted by Crippen LogP contribution is 2.22. The van der Waals surface area contributed by atoms with E-state index < -0.39 is 22.1 Å². The van der Waals surface area contributed by atoms with Gasteiger partial charge in [0.1, 0.15) is 12.3 Å². The summed E-state index contributed by atoms with van der Waals surface area (Å²) in [5, 5.41) is 2.70. The number of hydrogen-bond acceptors (Lipinski definition) is 4. The van der Waals surface area contributed by atoms with E-state index in [1.54, 1.807) is 0 Å². The minimum absolute atomic E-state index is 0.0639. The van der Waals surface area contributed by atoms with Crippen molar-refractivity contribution in [2.45, 2.75) is 51.1 Å². The Morgan fingerprint density at radius 2 is 2.08 bits per heavy atom. The van der Waals surface area contributed by atoms with Crippen LogP contribution in [0, 0.1) is 0 Å². The molecule has 0 aliphatic carbocycles. The summed E-state index contributed by atoms with van der Waals surface area (Å²) < 4.78 is 26.2. The molecule has 1 aliphatic heterocycles. The maximum absolute atomic E-state index is 12.6. The molecule has 25 heavy (non-hydrogen) atoms. The van der Waals surface area contributed by atoms with E-state index in [1.807, 2.05) is 37.3 Å². The summed E-state index contributed by atoms with van der Waals surface area (Å²) in [5.41, 5.74) is 0.943. The van der Waals surface area contributed by atoms with Crippen molar-refractivity contribution < 1.29 is 18.0 Å². The molecule has 1 saturated heterocycles. The van der Waals surface area contributed by atoms with Crippen LogP contribution in [0.5, 0.6) is 0 Å². The molecule has 0 bridgehead atoms. The van der Waals surface area contributed by atoms with Crippen LogP contribution in [-0.4, -0.2) is 49.3 Å². The summed E-state index contributed by atoms with van der Waals surface area (Å²) in [6.45, 7) is 2.30. The van der Waals surface area contributed by atoms with Crippen molar-refractivity contribution in [2.24, 2.45) is 0 Å². The van der Waals surface area contributed by atoms with Gasteiger partial charge in [-0.25, -0.2) is 8.42 Å². The molecule has 7 heteroatoms. The first-order chi connectivity index (χ1) is 12.0. The van der Waals surface area contributed by atoms with Gasteiger partial charge < -0.3 is 10.1 Å². The Labute approximate surface area is 149 Å². The van der Waals surface area contributed by atoms with Crippen molar-refractivity contribution in [1.29, 1.82) is 0 Å². The van der Waals surface area contributed by atoms with E-state index in [-0.39, 0.29) is 11.7 Å². The number of carbonyl (C=O) groups excluding carboxylic acids is 2. The van der Waals surface area contributed by atoms with Gasteiger partial charge in [0, 0.05) is 6.54 Å². The number of hydrogen-bond donors (Lipinski definition) is 1. The number of sulfonamides is 1. The molecule has 1 aliphatic rings. The largest absolute Gasteiger partial charge is 0.345 e. The first kappa shape index (κ1) is 19.6. The standard InChI is InChI=1S/C18H26N2O4S/c1-2-3-12-25(23,24)20-11-7-10-17(20)18(22)19-16(14-21)13-15-8-5-4-6-9-15/h4-6,8-9,14,16-17H,2-3,7,10-13H2,1H3,(H,19,22)/t16?,17-/m1/s1. The lowest BCUT2D eigenvalue weighted by molar-refractivity contribution is -0.126. The SMILES string of the molecule is CCCCS(=O)(=O)N1CCC[C@@H]1C(=O)NC(C=O)Cc1ccccc1. The fourth-order valence-corrected chi connectivity index (χ4v) is 4.94. The van der Waals surface area contributed by atoms with Crippen molar-refractivity contribution in [2.75, 3.05) is 12.3 Å². The lowest BCUT2D eigenvalue weighted by Gasteiger charge is -2.24. The maximum Gasteiger partial charge on any atom is 0.239 e. The molecule has 6 nitrogen and oxygen atoms in total. The highest BCUT2D eigenvalue weighted by Gasteiger charge is 2.38. The van der Waals surface area contributed by atoms with Crippen LogP contribution in [0.4, 0.5) is 0 Å². The van der Waals surface area contributed by atoms with Crippen LogP contribution in [0.25, 0.3) is 0 Å². The van der Waals surface area contributed by atoms with Crippen LogP contribution >= 0.6 is 0 Å². The van der Waals surface area contributed by atoms with Crippen LogP contribution < -0.4 is 5.32 Å². The predicted molar refractivity (Wildman–Crippen MR) is 96.6 cm³/mol. The molecule has 1 N–H and O–H groups in total. The van der Waals surface area contributed by atoms with E-state index >= 15 is 0 Å². The van der Waals surface area contributed by atoms with Crippen molar-refractivity contribution in [3.8, 4) is 0 Å². The minimum atomic E-state index is -3.43. The van der Waals surface area contributed by atoms with Gasteiger partial charge in [-0.2, -0.15) is 4.31 Å². The monoisotopic (exact) mass is 366 g/mol. The number of rotatable bonds is 9. The summed E-state index contributed by atoms with van der Waals surface area (Å²) in [7, 11) is -3.43. The molecule has 0 spiro atoms. The smallest absolute Gasteiger partial charge is 0.239 e. The molecule has 2 rings (SSSR count). The van der Waals surface area contributed by atoms with Gasteiger partial charge in [-0.1, -0.05) is 43.7 Å². The molecular formula is C18H26N2O4S. The second-order valence-electron chi connectivity index (χ2n) is 6.38. The average molecular weight is 366 g/mol. The number of benzene rings is 1. The molecule has 1 aromatic rings. The zero-order valence-corrected chi connectivity index (χ0v) is 15.4. The zero-order valence-electron chi connectivity index (χ0n) is 14.6. The third kappa shape index (κ3) is 5.37. The van der Waals surface area contributed by atoms with Crippen molar-refractivity contribution in [1.82, 2.24) is 9.62 Å². The Morgan fingerprint density at radius 1 is 1.36 bits per heavy atom. The number of nitrogens with zero attached hydrogens (tertiary/aromatic N) is 1. The molecule has 0 radical (unpaired) electrons. The Hall–Kier alpha value is -1.73. The van der Waals surface area contributed by atoms with Crippen molar-refractivity contribution in [3.05, 3.63) is 35.9 Å². The van der Waals surface area contributed by atoms with E-state index in [2.05, 4.69) is 5.32 Å². The molecule has 1 fully saturated rings. The van der Waals surface area contributed by atoms with Crippen LogP contribution in [0.1, 0.15) is 38.2 Å². The lowest BCUT2D eigenvalue weighted by atomic mass is 10.1. The van der Waals surface area contributed by atoms with Gasteiger partial charge in [0.25, 0.3) is 0 Å². The molecule has 1 aromatic carbocycles. The van der Waals surface area contributed by atoms with E-state index in [4.69, 9.17) is 0 Å². The van der Waals surface area contributed by atoms with Gasteiger partial charge in [-0.3, -0.25) is 4.79 Å². The Morgan fingerprint density at radius 3 is 2.72 bits per heavy atom. The lowest BCUT2D eigenvalue weighted by Crippen LogP contribution is -2.50. The number of amides is 1. The molecule has 2 atom stereocenters. The van der Waals surface area contributed by atoms with Gasteiger partial charge in [-0.05, 0) is 31.2 Å². The van der Waals surface area contributed by atoms with Crippen LogP contribution in [0.2, 0.25) is 0 Å². The van der Waals surface area contributed by atoms with E-state index in [9.17, 15) is 18.0 Å². The quantitative estimate of drug-likeness (QED) is 0.672. The number of carbonyl (C=O) groups is 2. The summed E-state index contributed by atoms with van der Waals surface area (Å²) in [6, 6.07) is 8.04. The number of aldehydes is 1. The molecule has 0 saturated carbocycles. The fraction of sp³-hybridized carbons (Fsp3) is 0.556. The summed E-state index contributed by atoms with van der Waals surface area (Å²) in [6.07, 6.45) is 3.62. The van der Waals surface area contributed by atoms with E-state index in [0.717, 1.165) is 12.0 Å². The molecule has 1 amide bonds. The second kappa shape index (κ2) is 9.10. The topological polar surface area (TPSA) is 83.6 Å². The molecule has 1 heterocycles. The van der Waals surface area contributed by atoms with E-state index in [1.165, 1.54) is 4.31 Å². The highest BCUT2D eigenvalue weighted by atomic mass is 32.2. The van der Waals surface area contributed by atoms with Gasteiger partial charge in [0.05, 0.1) is 11.8 Å². The normalized spacial score (nSPS) is 19.5. The molecule has 0 aromatic heterocycles. The van der Waals surface area contributed by atoms with Crippen LogP contribution in [0.15, 0.2) is 30.3 Å². The summed E-state index contributed by atoms with van der Waals surface area (Å²) >= 11 is 0. The Bertz CT molecular complexity index is 676. The van der Waals surface area contributed by atoms with Gasteiger partial charge in [0.15, 0.2) is 0 Å². The zero-order chi connectivity index (χ0) is 18.3. The minimum Gasteiger partial charge on any atom is -0.345 e. The number of unbranched alkanes of at least 4 members (excludes halogenated alkanes) is 1. The average Bonchev–Trinajstić information content (AvgIpc) is 3.11.